The van der Waals surface area contributed by atoms with Crippen molar-refractivity contribution in [1.29, 1.82) is 0 Å². The van der Waals surface area contributed by atoms with Crippen LogP contribution in [0.15, 0.2) is 30.5 Å². The molecule has 2 aromatic rings. The molecule has 1 amide bonds. The zero-order chi connectivity index (χ0) is 19.2. The highest BCUT2D eigenvalue weighted by atomic mass is 19.1. The molecule has 144 valence electrons. The Bertz CT molecular complexity index is 843. The Labute approximate surface area is 160 Å². The maximum Gasteiger partial charge on any atom is 0.220 e. The highest BCUT2D eigenvalue weighted by molar-refractivity contribution is 5.82. The predicted molar refractivity (Wildman–Crippen MR) is 106 cm³/mol. The average Bonchev–Trinajstić information content (AvgIpc) is 3.10. The van der Waals surface area contributed by atoms with Gasteiger partial charge in [0.25, 0.3) is 0 Å². The van der Waals surface area contributed by atoms with Crippen LogP contribution < -0.4 is 5.32 Å². The Morgan fingerprint density at radius 2 is 1.85 bits per heavy atom. The van der Waals surface area contributed by atoms with Crippen molar-refractivity contribution >= 4 is 16.8 Å². The third-order valence-corrected chi connectivity index (χ3v) is 6.28. The summed E-state index contributed by atoms with van der Waals surface area (Å²) >= 11 is 0. The van der Waals surface area contributed by atoms with Crippen molar-refractivity contribution in [2.75, 3.05) is 0 Å². The molecule has 0 spiro atoms. The summed E-state index contributed by atoms with van der Waals surface area (Å²) in [4.78, 5) is 16.6. The molecule has 2 saturated carbocycles. The van der Waals surface area contributed by atoms with Crippen molar-refractivity contribution in [1.82, 2.24) is 10.3 Å². The Kier molecular flexibility index (Phi) is 4.69. The lowest BCUT2D eigenvalue weighted by Crippen LogP contribution is -2.41. The summed E-state index contributed by atoms with van der Waals surface area (Å²) in [5, 5.41) is 4.05. The number of carbonyl (C=O) groups excluding carboxylic acids is 1. The lowest BCUT2D eigenvalue weighted by Gasteiger charge is -2.22. The van der Waals surface area contributed by atoms with Gasteiger partial charge in [-0.05, 0) is 100.0 Å². The number of nitrogens with one attached hydrogen (secondary N) is 1. The van der Waals surface area contributed by atoms with E-state index in [-0.39, 0.29) is 17.3 Å². The van der Waals surface area contributed by atoms with Gasteiger partial charge in [0.05, 0.1) is 5.52 Å². The molecule has 1 heterocycles. The van der Waals surface area contributed by atoms with Crippen molar-refractivity contribution in [3.05, 3.63) is 41.8 Å². The fraction of sp³-hybridized carbons (Fsp3) is 0.565. The number of rotatable bonds is 3. The summed E-state index contributed by atoms with van der Waals surface area (Å²) < 4.78 is 13.8. The average molecular weight is 368 g/mol. The van der Waals surface area contributed by atoms with Crippen LogP contribution in [0.4, 0.5) is 4.39 Å². The molecule has 1 aromatic heterocycles. The van der Waals surface area contributed by atoms with Gasteiger partial charge in [0.1, 0.15) is 5.82 Å². The molecule has 0 unspecified atom stereocenters. The smallest absolute Gasteiger partial charge is 0.220 e. The van der Waals surface area contributed by atoms with Gasteiger partial charge in [-0.15, -0.1) is 0 Å². The van der Waals surface area contributed by atoms with Crippen LogP contribution in [-0.2, 0) is 4.79 Å². The van der Waals surface area contributed by atoms with Crippen molar-refractivity contribution < 1.29 is 9.18 Å². The minimum atomic E-state index is -0.195. The highest BCUT2D eigenvalue weighted by Gasteiger charge is 2.42. The first-order chi connectivity index (χ1) is 12.8. The standard InChI is InChI=1S/C23H29FN2O/c1-23(2,3)26-22(27)10-14-8-15-11-17(12-16(15)9-14)19-6-7-25-21-5-4-18(24)13-20(19)21/h4-7,13-17H,8-12H2,1-3H3,(H,26,27)/t14-,15+,16-,17-. The largest absolute Gasteiger partial charge is 0.352 e. The monoisotopic (exact) mass is 368 g/mol. The van der Waals surface area contributed by atoms with Crippen LogP contribution in [0.2, 0.25) is 0 Å². The van der Waals surface area contributed by atoms with Gasteiger partial charge >= 0.3 is 0 Å². The third-order valence-electron chi connectivity index (χ3n) is 6.28. The van der Waals surface area contributed by atoms with E-state index in [1.54, 1.807) is 12.1 Å². The lowest BCUT2D eigenvalue weighted by molar-refractivity contribution is -0.123. The Balaban J connectivity index is 1.42. The molecule has 0 bridgehead atoms. The van der Waals surface area contributed by atoms with Crippen molar-refractivity contribution in [3.63, 3.8) is 0 Å². The number of amides is 1. The van der Waals surface area contributed by atoms with E-state index in [9.17, 15) is 9.18 Å². The highest BCUT2D eigenvalue weighted by Crippen LogP contribution is 2.53. The number of fused-ring (bicyclic) bond motifs is 2. The SMILES string of the molecule is CC(C)(C)NC(=O)C[C@H]1C[C@@H]2C[C@H](c3ccnc4ccc(F)cc34)C[C@@H]2C1. The maximum atomic E-state index is 13.8. The fourth-order valence-electron chi connectivity index (χ4n) is 5.39. The van der Waals surface area contributed by atoms with E-state index in [2.05, 4.69) is 16.4 Å². The quantitative estimate of drug-likeness (QED) is 0.809. The van der Waals surface area contributed by atoms with Gasteiger partial charge in [0.15, 0.2) is 0 Å². The number of pyridine rings is 1. The van der Waals surface area contributed by atoms with Crippen molar-refractivity contribution in [3.8, 4) is 0 Å². The Morgan fingerprint density at radius 3 is 2.52 bits per heavy atom. The summed E-state index contributed by atoms with van der Waals surface area (Å²) in [6, 6.07) is 6.96. The first kappa shape index (κ1) is 18.4. The first-order valence-electron chi connectivity index (χ1n) is 10.1. The van der Waals surface area contributed by atoms with E-state index in [4.69, 9.17) is 0 Å². The van der Waals surface area contributed by atoms with Gasteiger partial charge in [0, 0.05) is 23.5 Å². The molecule has 1 aromatic carbocycles. The van der Waals surface area contributed by atoms with Crippen LogP contribution in [0.3, 0.4) is 0 Å². The van der Waals surface area contributed by atoms with Crippen LogP contribution in [0.25, 0.3) is 10.9 Å². The van der Waals surface area contributed by atoms with Crippen LogP contribution in [-0.4, -0.2) is 16.4 Å². The molecule has 3 nitrogen and oxygen atoms in total. The zero-order valence-corrected chi connectivity index (χ0v) is 16.5. The number of benzene rings is 1. The van der Waals surface area contributed by atoms with Gasteiger partial charge in [0.2, 0.25) is 5.91 Å². The molecule has 0 radical (unpaired) electrons. The second-order valence-electron chi connectivity index (χ2n) is 9.59. The normalized spacial score (nSPS) is 27.7. The number of hydrogen-bond donors (Lipinski definition) is 1. The molecule has 4 rings (SSSR count). The van der Waals surface area contributed by atoms with Crippen LogP contribution >= 0.6 is 0 Å². The molecule has 2 fully saturated rings. The molecular weight excluding hydrogens is 339 g/mol. The summed E-state index contributed by atoms with van der Waals surface area (Å²) in [7, 11) is 0. The second kappa shape index (κ2) is 6.88. The van der Waals surface area contributed by atoms with E-state index in [0.717, 1.165) is 36.6 Å². The van der Waals surface area contributed by atoms with Gasteiger partial charge in [-0.1, -0.05) is 0 Å². The number of aromatic nitrogens is 1. The number of hydrogen-bond acceptors (Lipinski definition) is 2. The number of halogens is 1. The van der Waals surface area contributed by atoms with Crippen LogP contribution in [0.1, 0.15) is 64.4 Å². The number of nitrogens with zero attached hydrogens (tertiary/aromatic N) is 1. The van der Waals surface area contributed by atoms with Gasteiger partial charge < -0.3 is 5.32 Å². The molecule has 0 aliphatic heterocycles. The third kappa shape index (κ3) is 3.99. The van der Waals surface area contributed by atoms with E-state index in [0.29, 0.717) is 30.1 Å². The summed E-state index contributed by atoms with van der Waals surface area (Å²) in [5.74, 6) is 2.37. The lowest BCUT2D eigenvalue weighted by atomic mass is 9.89. The summed E-state index contributed by atoms with van der Waals surface area (Å²) in [5.41, 5.74) is 1.97. The van der Waals surface area contributed by atoms with Crippen LogP contribution in [0, 0.1) is 23.6 Å². The fourth-order valence-corrected chi connectivity index (χ4v) is 5.39. The molecule has 4 atom stereocenters. The van der Waals surface area contributed by atoms with Gasteiger partial charge in [-0.25, -0.2) is 4.39 Å². The van der Waals surface area contributed by atoms with E-state index in [1.165, 1.54) is 11.6 Å². The number of carbonyl (C=O) groups is 1. The molecule has 27 heavy (non-hydrogen) atoms. The minimum Gasteiger partial charge on any atom is -0.352 e. The Hall–Kier alpha value is -1.97. The van der Waals surface area contributed by atoms with Gasteiger partial charge in [-0.2, -0.15) is 0 Å². The Morgan fingerprint density at radius 1 is 1.15 bits per heavy atom. The molecule has 0 saturated heterocycles. The molecule has 2 aliphatic rings. The van der Waals surface area contributed by atoms with E-state index < -0.39 is 0 Å². The first-order valence-corrected chi connectivity index (χ1v) is 10.1. The minimum absolute atomic E-state index is 0.158. The topological polar surface area (TPSA) is 42.0 Å². The van der Waals surface area contributed by atoms with Crippen molar-refractivity contribution in [2.24, 2.45) is 17.8 Å². The predicted octanol–water partition coefficient (Wildman–Crippen LogP) is 5.20. The zero-order valence-electron chi connectivity index (χ0n) is 16.5. The van der Waals surface area contributed by atoms with Gasteiger partial charge in [-0.3, -0.25) is 9.78 Å². The summed E-state index contributed by atoms with van der Waals surface area (Å²) in [6.07, 6.45) is 7.10. The molecule has 1 N–H and O–H groups in total. The summed E-state index contributed by atoms with van der Waals surface area (Å²) in [6.45, 7) is 6.09. The second-order valence-corrected chi connectivity index (χ2v) is 9.59. The molecular formula is C23H29FN2O. The van der Waals surface area contributed by atoms with E-state index in [1.807, 2.05) is 27.0 Å². The molecule has 4 heteroatoms. The van der Waals surface area contributed by atoms with Crippen LogP contribution in [0.5, 0.6) is 0 Å². The maximum absolute atomic E-state index is 13.8. The van der Waals surface area contributed by atoms with Crippen molar-refractivity contribution in [2.45, 2.75) is 64.3 Å². The van der Waals surface area contributed by atoms with E-state index >= 15 is 0 Å². The molecule has 2 aliphatic carbocycles.